The Hall–Kier alpha value is -2.00. The van der Waals surface area contributed by atoms with Gasteiger partial charge in [0.2, 0.25) is 0 Å². The fourth-order valence-electron chi connectivity index (χ4n) is 4.28. The first-order valence-electron chi connectivity index (χ1n) is 9.96. The topological polar surface area (TPSA) is 61.3 Å². The van der Waals surface area contributed by atoms with Gasteiger partial charge in [-0.05, 0) is 58.5 Å². The van der Waals surface area contributed by atoms with Gasteiger partial charge in [-0.15, -0.1) is 22.0 Å². The second-order valence-electron chi connectivity index (χ2n) is 8.53. The van der Waals surface area contributed by atoms with Crippen molar-refractivity contribution in [1.82, 2.24) is 15.1 Å². The summed E-state index contributed by atoms with van der Waals surface area (Å²) in [5.41, 5.74) is 1.76. The lowest BCUT2D eigenvalue weighted by atomic mass is 9.92. The SMILES string of the molecule is CN1CCC[C@@H](Nc2nnc(-c3ccc(C(F)(F)F)cc3O)c3c2CSC3(C)C)C1. The van der Waals surface area contributed by atoms with Crippen LogP contribution in [0, 0.1) is 0 Å². The zero-order valence-corrected chi connectivity index (χ0v) is 18.0. The molecular weight excluding hydrogens is 413 g/mol. The summed E-state index contributed by atoms with van der Waals surface area (Å²) in [7, 11) is 2.10. The predicted molar refractivity (Wildman–Crippen MR) is 113 cm³/mol. The number of benzene rings is 1. The quantitative estimate of drug-likeness (QED) is 0.714. The number of anilines is 1. The molecule has 2 aliphatic rings. The van der Waals surface area contributed by atoms with Gasteiger partial charge in [0.1, 0.15) is 11.4 Å². The minimum atomic E-state index is -4.51. The van der Waals surface area contributed by atoms with E-state index in [0.29, 0.717) is 5.69 Å². The third kappa shape index (κ3) is 3.97. The number of nitrogens with one attached hydrogen (secondary N) is 1. The number of phenolic OH excluding ortho intramolecular Hbond substituents is 1. The molecule has 0 unspecified atom stereocenters. The minimum Gasteiger partial charge on any atom is -0.507 e. The maximum Gasteiger partial charge on any atom is 0.416 e. The van der Waals surface area contributed by atoms with E-state index in [1.165, 1.54) is 6.07 Å². The highest BCUT2D eigenvalue weighted by atomic mass is 32.2. The van der Waals surface area contributed by atoms with Crippen LogP contribution in [0.15, 0.2) is 18.2 Å². The zero-order chi connectivity index (χ0) is 21.7. The number of hydrogen-bond donors (Lipinski definition) is 2. The molecule has 1 atom stereocenters. The normalized spacial score (nSPS) is 21.5. The van der Waals surface area contributed by atoms with Crippen LogP contribution in [0.25, 0.3) is 11.3 Å². The predicted octanol–water partition coefficient (Wildman–Crippen LogP) is 4.86. The Labute approximate surface area is 178 Å². The maximum atomic E-state index is 13.0. The van der Waals surface area contributed by atoms with Crippen LogP contribution in [-0.4, -0.2) is 46.4 Å². The van der Waals surface area contributed by atoms with Gasteiger partial charge in [-0.1, -0.05) is 0 Å². The molecule has 2 aromatic rings. The van der Waals surface area contributed by atoms with Gasteiger partial charge < -0.3 is 15.3 Å². The number of rotatable bonds is 3. The van der Waals surface area contributed by atoms with Gasteiger partial charge in [0.05, 0.1) is 5.56 Å². The fraction of sp³-hybridized carbons (Fsp3) is 0.524. The lowest BCUT2D eigenvalue weighted by molar-refractivity contribution is -0.137. The minimum absolute atomic E-state index is 0.270. The van der Waals surface area contributed by atoms with Crippen molar-refractivity contribution >= 4 is 17.6 Å². The number of fused-ring (bicyclic) bond motifs is 1. The summed E-state index contributed by atoms with van der Waals surface area (Å²) in [6.07, 6.45) is -2.35. The van der Waals surface area contributed by atoms with Gasteiger partial charge in [0.15, 0.2) is 5.82 Å². The molecule has 1 fully saturated rings. The molecule has 162 valence electrons. The highest BCUT2D eigenvalue weighted by Gasteiger charge is 2.38. The number of thioether (sulfide) groups is 1. The van der Waals surface area contributed by atoms with Crippen LogP contribution < -0.4 is 5.32 Å². The van der Waals surface area contributed by atoms with Gasteiger partial charge in [-0.25, -0.2) is 0 Å². The lowest BCUT2D eigenvalue weighted by Gasteiger charge is -2.31. The van der Waals surface area contributed by atoms with Crippen molar-refractivity contribution in [3.63, 3.8) is 0 Å². The standard InChI is InChI=1S/C21H25F3N4OS/c1-20(2)17-15(11-30-20)19(25-13-5-4-8-28(3)10-13)27-26-18(17)14-7-6-12(9-16(14)29)21(22,23)24/h6-7,9,13,29H,4-5,8,10-11H2,1-3H3,(H,25,27)/t13-/m1/s1. The Balaban J connectivity index is 1.75. The molecule has 0 aliphatic carbocycles. The fourth-order valence-corrected chi connectivity index (χ4v) is 5.43. The summed E-state index contributed by atoms with van der Waals surface area (Å²) in [5.74, 6) is 1.03. The van der Waals surface area contributed by atoms with Crippen molar-refractivity contribution in [1.29, 1.82) is 0 Å². The van der Waals surface area contributed by atoms with E-state index >= 15 is 0 Å². The summed E-state index contributed by atoms with van der Waals surface area (Å²) in [6, 6.07) is 3.29. The van der Waals surface area contributed by atoms with Crippen LogP contribution in [-0.2, 0) is 16.7 Å². The molecule has 0 radical (unpaired) electrons. The summed E-state index contributed by atoms with van der Waals surface area (Å²) >= 11 is 1.74. The van der Waals surface area contributed by atoms with E-state index in [0.717, 1.165) is 60.8 Å². The summed E-state index contributed by atoms with van der Waals surface area (Å²) in [5, 5.41) is 22.7. The van der Waals surface area contributed by atoms with Crippen LogP contribution in [0.3, 0.4) is 0 Å². The molecule has 0 spiro atoms. The molecule has 30 heavy (non-hydrogen) atoms. The number of halogens is 3. The van der Waals surface area contributed by atoms with Crippen molar-refractivity contribution in [2.45, 2.75) is 49.4 Å². The number of piperidine rings is 1. The molecule has 2 aliphatic heterocycles. The van der Waals surface area contributed by atoms with E-state index in [-0.39, 0.29) is 16.4 Å². The largest absolute Gasteiger partial charge is 0.507 e. The first kappa shape index (κ1) is 21.2. The molecule has 1 saturated heterocycles. The van der Waals surface area contributed by atoms with Gasteiger partial charge in [-0.2, -0.15) is 13.2 Å². The second kappa shape index (κ2) is 7.60. The molecule has 0 saturated carbocycles. The molecule has 1 aromatic heterocycles. The third-order valence-electron chi connectivity index (χ3n) is 5.80. The molecule has 5 nitrogen and oxygen atoms in total. The van der Waals surface area contributed by atoms with Gasteiger partial charge in [0.25, 0.3) is 0 Å². The number of alkyl halides is 3. The molecule has 3 heterocycles. The molecule has 9 heteroatoms. The molecular formula is C21H25F3N4OS. The molecule has 2 N–H and O–H groups in total. The number of nitrogens with zero attached hydrogens (tertiary/aromatic N) is 3. The molecule has 0 bridgehead atoms. The Kier molecular flexibility index (Phi) is 5.38. The Morgan fingerprint density at radius 3 is 2.70 bits per heavy atom. The molecule has 4 rings (SSSR count). The number of likely N-dealkylation sites (tertiary alicyclic amines) is 1. The number of hydrogen-bond acceptors (Lipinski definition) is 6. The maximum absolute atomic E-state index is 13.0. The monoisotopic (exact) mass is 438 g/mol. The van der Waals surface area contributed by atoms with Crippen molar-refractivity contribution in [2.75, 3.05) is 25.5 Å². The van der Waals surface area contributed by atoms with Crippen molar-refractivity contribution in [3.05, 3.63) is 34.9 Å². The average molecular weight is 439 g/mol. The van der Waals surface area contributed by atoms with Gasteiger partial charge in [-0.3, -0.25) is 0 Å². The highest BCUT2D eigenvalue weighted by molar-refractivity contribution is 7.99. The van der Waals surface area contributed by atoms with Crippen molar-refractivity contribution < 1.29 is 18.3 Å². The first-order chi connectivity index (χ1) is 14.1. The Bertz CT molecular complexity index is 964. The van der Waals surface area contributed by atoms with E-state index in [9.17, 15) is 18.3 Å². The molecule has 0 amide bonds. The van der Waals surface area contributed by atoms with Crippen molar-refractivity contribution in [3.8, 4) is 17.0 Å². The van der Waals surface area contributed by atoms with Crippen LogP contribution in [0.5, 0.6) is 5.75 Å². The van der Waals surface area contributed by atoms with Crippen LogP contribution >= 0.6 is 11.8 Å². The van der Waals surface area contributed by atoms with Crippen molar-refractivity contribution in [2.24, 2.45) is 0 Å². The summed E-state index contributed by atoms with van der Waals surface area (Å²) in [6.45, 7) is 6.13. The van der Waals surface area contributed by atoms with E-state index in [1.54, 1.807) is 11.8 Å². The Morgan fingerprint density at radius 1 is 1.27 bits per heavy atom. The summed E-state index contributed by atoms with van der Waals surface area (Å²) < 4.78 is 38.7. The zero-order valence-electron chi connectivity index (χ0n) is 17.2. The highest BCUT2D eigenvalue weighted by Crippen LogP contribution is 2.52. The van der Waals surface area contributed by atoms with Crippen LogP contribution in [0.1, 0.15) is 43.4 Å². The van der Waals surface area contributed by atoms with E-state index in [4.69, 9.17) is 0 Å². The van der Waals surface area contributed by atoms with E-state index in [1.807, 2.05) is 0 Å². The van der Waals surface area contributed by atoms with Gasteiger partial charge in [0, 0.05) is 39.8 Å². The smallest absolute Gasteiger partial charge is 0.416 e. The van der Waals surface area contributed by atoms with Crippen LogP contribution in [0.2, 0.25) is 0 Å². The van der Waals surface area contributed by atoms with Gasteiger partial charge >= 0.3 is 6.18 Å². The number of phenols is 1. The second-order valence-corrected chi connectivity index (χ2v) is 10.1. The van der Waals surface area contributed by atoms with Crippen LogP contribution in [0.4, 0.5) is 19.0 Å². The van der Waals surface area contributed by atoms with E-state index in [2.05, 4.69) is 41.3 Å². The lowest BCUT2D eigenvalue weighted by Crippen LogP contribution is -2.40. The molecule has 1 aromatic carbocycles. The average Bonchev–Trinajstić information content (AvgIpc) is 2.98. The third-order valence-corrected chi connectivity index (χ3v) is 7.16. The number of aromatic hydroxyl groups is 1. The van der Waals surface area contributed by atoms with E-state index < -0.39 is 17.5 Å². The summed E-state index contributed by atoms with van der Waals surface area (Å²) in [4.78, 5) is 2.28. The number of likely N-dealkylation sites (N-methyl/N-ethyl adjacent to an activating group) is 1. The number of aromatic nitrogens is 2. The first-order valence-corrected chi connectivity index (χ1v) is 10.9. The Morgan fingerprint density at radius 2 is 2.03 bits per heavy atom.